The molecule has 4 heteroatoms. The molecule has 0 heterocycles. The molecule has 0 unspecified atom stereocenters. The van der Waals surface area contributed by atoms with Crippen LogP contribution in [-0.2, 0) is 4.79 Å². The van der Waals surface area contributed by atoms with Gasteiger partial charge in [-0.25, -0.2) is 0 Å². The average Bonchev–Trinajstić information content (AvgIpc) is 2.48. The maximum absolute atomic E-state index is 11.9. The first-order valence-electron chi connectivity index (χ1n) is 6.59. The molecule has 0 aliphatic rings. The molecule has 0 radical (unpaired) electrons. The van der Waals surface area contributed by atoms with Crippen molar-refractivity contribution in [1.29, 1.82) is 0 Å². The van der Waals surface area contributed by atoms with E-state index in [2.05, 4.69) is 47.0 Å². The summed E-state index contributed by atoms with van der Waals surface area (Å²) in [5.41, 5.74) is 2.07. The molecule has 0 aliphatic heterocycles. The molecule has 3 N–H and O–H groups in total. The normalized spacial score (nSPS) is 11.9. The van der Waals surface area contributed by atoms with Crippen LogP contribution in [0.1, 0.15) is 18.5 Å². The number of benzene rings is 2. The smallest absolute Gasteiger partial charge is 0.279 e. The second-order valence-electron chi connectivity index (χ2n) is 4.69. The lowest BCUT2D eigenvalue weighted by molar-refractivity contribution is -0.682. The molecule has 0 aliphatic carbocycles. The lowest BCUT2D eigenvalue weighted by atomic mass is 10.1. The third-order valence-corrected chi connectivity index (χ3v) is 3.83. The summed E-state index contributed by atoms with van der Waals surface area (Å²) in [7, 11) is 0. The van der Waals surface area contributed by atoms with E-state index in [4.69, 9.17) is 0 Å². The van der Waals surface area contributed by atoms with Gasteiger partial charge in [-0.15, -0.1) is 0 Å². The highest BCUT2D eigenvalue weighted by Gasteiger charge is 2.11. The van der Waals surface area contributed by atoms with Crippen LogP contribution in [-0.4, -0.2) is 12.5 Å². The summed E-state index contributed by atoms with van der Waals surface area (Å²) >= 11 is 2.24. The van der Waals surface area contributed by atoms with Crippen molar-refractivity contribution in [3.63, 3.8) is 0 Å². The number of hydrogen-bond acceptors (Lipinski definition) is 1. The van der Waals surface area contributed by atoms with Crippen molar-refractivity contribution in [3.05, 3.63) is 63.7 Å². The van der Waals surface area contributed by atoms with Crippen LogP contribution in [0.4, 0.5) is 5.69 Å². The second kappa shape index (κ2) is 7.40. The molecule has 1 amide bonds. The predicted molar refractivity (Wildman–Crippen MR) is 89.4 cm³/mol. The highest BCUT2D eigenvalue weighted by atomic mass is 127. The third-order valence-electron chi connectivity index (χ3n) is 3.11. The molecule has 2 aromatic rings. The minimum atomic E-state index is 0.0222. The Morgan fingerprint density at radius 3 is 2.45 bits per heavy atom. The van der Waals surface area contributed by atoms with Crippen molar-refractivity contribution in [2.24, 2.45) is 0 Å². The number of anilines is 1. The number of carbonyl (C=O) groups excluding carboxylic acids is 1. The van der Waals surface area contributed by atoms with Crippen molar-refractivity contribution in [1.82, 2.24) is 0 Å². The molecular formula is C16H18IN2O+. The SMILES string of the molecule is C[C@H]([NH2+]CC(=O)Nc1ccc(I)cc1)c1ccccc1. The number of hydrogen-bond donors (Lipinski definition) is 2. The highest BCUT2D eigenvalue weighted by molar-refractivity contribution is 14.1. The van der Waals surface area contributed by atoms with E-state index in [0.717, 1.165) is 9.26 Å². The lowest BCUT2D eigenvalue weighted by Crippen LogP contribution is -2.86. The van der Waals surface area contributed by atoms with Gasteiger partial charge in [-0.2, -0.15) is 0 Å². The minimum Gasteiger partial charge on any atom is -0.333 e. The van der Waals surface area contributed by atoms with E-state index >= 15 is 0 Å². The number of carbonyl (C=O) groups is 1. The van der Waals surface area contributed by atoms with E-state index in [-0.39, 0.29) is 11.9 Å². The molecule has 0 saturated heterocycles. The number of amides is 1. The van der Waals surface area contributed by atoms with Crippen molar-refractivity contribution in [2.75, 3.05) is 11.9 Å². The van der Waals surface area contributed by atoms with Crippen LogP contribution in [0.5, 0.6) is 0 Å². The van der Waals surface area contributed by atoms with E-state index in [9.17, 15) is 4.79 Å². The van der Waals surface area contributed by atoms with Crippen molar-refractivity contribution >= 4 is 34.2 Å². The summed E-state index contributed by atoms with van der Waals surface area (Å²) in [6, 6.07) is 18.3. The Morgan fingerprint density at radius 1 is 1.15 bits per heavy atom. The standard InChI is InChI=1S/C16H17IN2O/c1-12(13-5-3-2-4-6-13)18-11-16(20)19-15-9-7-14(17)8-10-15/h2-10,12,18H,11H2,1H3,(H,19,20)/p+1/t12-/m0/s1. The van der Waals surface area contributed by atoms with E-state index < -0.39 is 0 Å². The molecule has 0 fully saturated rings. The molecule has 2 aromatic carbocycles. The molecule has 0 saturated carbocycles. The zero-order valence-electron chi connectivity index (χ0n) is 11.3. The number of nitrogens with two attached hydrogens (primary N) is 1. The van der Waals surface area contributed by atoms with Gasteiger partial charge in [0.05, 0.1) is 0 Å². The third kappa shape index (κ3) is 4.61. The zero-order chi connectivity index (χ0) is 14.4. The van der Waals surface area contributed by atoms with E-state index in [1.807, 2.05) is 47.8 Å². The molecule has 3 nitrogen and oxygen atoms in total. The van der Waals surface area contributed by atoms with Crippen LogP contribution < -0.4 is 10.6 Å². The maximum atomic E-state index is 11.9. The number of nitrogens with one attached hydrogen (secondary N) is 1. The van der Waals surface area contributed by atoms with Crippen LogP contribution >= 0.6 is 22.6 Å². The number of halogens is 1. The first-order chi connectivity index (χ1) is 9.65. The van der Waals surface area contributed by atoms with E-state index in [1.165, 1.54) is 5.56 Å². The first kappa shape index (κ1) is 15.0. The lowest BCUT2D eigenvalue weighted by Gasteiger charge is -2.11. The molecular weight excluding hydrogens is 363 g/mol. The molecule has 104 valence electrons. The Hall–Kier alpha value is -1.40. The molecule has 0 bridgehead atoms. The fraction of sp³-hybridized carbons (Fsp3) is 0.188. The van der Waals surface area contributed by atoms with Crippen LogP contribution in [0.15, 0.2) is 54.6 Å². The van der Waals surface area contributed by atoms with Gasteiger partial charge in [0, 0.05) is 14.8 Å². The Labute approximate surface area is 132 Å². The Balaban J connectivity index is 1.82. The highest BCUT2D eigenvalue weighted by Crippen LogP contribution is 2.10. The van der Waals surface area contributed by atoms with Crippen LogP contribution in [0, 0.1) is 3.57 Å². The first-order valence-corrected chi connectivity index (χ1v) is 7.67. The van der Waals surface area contributed by atoms with Crippen molar-refractivity contribution in [2.45, 2.75) is 13.0 Å². The summed E-state index contributed by atoms with van der Waals surface area (Å²) < 4.78 is 1.16. The minimum absolute atomic E-state index is 0.0222. The fourth-order valence-electron chi connectivity index (χ4n) is 1.92. The Morgan fingerprint density at radius 2 is 1.80 bits per heavy atom. The summed E-state index contributed by atoms with van der Waals surface area (Å²) in [4.78, 5) is 11.9. The topological polar surface area (TPSA) is 45.7 Å². The second-order valence-corrected chi connectivity index (χ2v) is 5.94. The monoisotopic (exact) mass is 381 g/mol. The van der Waals surface area contributed by atoms with Gasteiger partial charge < -0.3 is 10.6 Å². The zero-order valence-corrected chi connectivity index (χ0v) is 13.5. The van der Waals surface area contributed by atoms with E-state index in [0.29, 0.717) is 6.54 Å². The van der Waals surface area contributed by atoms with Gasteiger partial charge in [0.25, 0.3) is 5.91 Å². The number of quaternary nitrogens is 1. The summed E-state index contributed by atoms with van der Waals surface area (Å²) in [5, 5.41) is 4.94. The molecule has 2 rings (SSSR count). The molecule has 0 spiro atoms. The average molecular weight is 381 g/mol. The van der Waals surface area contributed by atoms with Crippen LogP contribution in [0.2, 0.25) is 0 Å². The maximum Gasteiger partial charge on any atom is 0.279 e. The summed E-state index contributed by atoms with van der Waals surface area (Å²) in [5.74, 6) is 0.0222. The Kier molecular flexibility index (Phi) is 5.55. The van der Waals surface area contributed by atoms with Gasteiger partial charge >= 0.3 is 0 Å². The van der Waals surface area contributed by atoms with Crippen LogP contribution in [0.3, 0.4) is 0 Å². The van der Waals surface area contributed by atoms with Gasteiger partial charge in [-0.05, 0) is 53.8 Å². The van der Waals surface area contributed by atoms with E-state index in [1.54, 1.807) is 0 Å². The largest absolute Gasteiger partial charge is 0.333 e. The summed E-state index contributed by atoms with van der Waals surface area (Å²) in [6.07, 6.45) is 0. The quantitative estimate of drug-likeness (QED) is 0.769. The van der Waals surface area contributed by atoms with Crippen molar-refractivity contribution in [3.8, 4) is 0 Å². The van der Waals surface area contributed by atoms with Gasteiger partial charge in [0.2, 0.25) is 0 Å². The molecule has 0 aromatic heterocycles. The van der Waals surface area contributed by atoms with Crippen molar-refractivity contribution < 1.29 is 10.1 Å². The van der Waals surface area contributed by atoms with Gasteiger partial charge in [0.1, 0.15) is 6.04 Å². The Bertz CT molecular complexity index is 554. The molecule has 20 heavy (non-hydrogen) atoms. The van der Waals surface area contributed by atoms with Gasteiger partial charge in [0.15, 0.2) is 6.54 Å². The summed E-state index contributed by atoms with van der Waals surface area (Å²) in [6.45, 7) is 2.52. The number of rotatable bonds is 5. The van der Waals surface area contributed by atoms with Gasteiger partial charge in [-0.3, -0.25) is 4.79 Å². The predicted octanol–water partition coefficient (Wildman–Crippen LogP) is 2.55. The molecule has 1 atom stereocenters. The van der Waals surface area contributed by atoms with Gasteiger partial charge in [-0.1, -0.05) is 30.3 Å². The van der Waals surface area contributed by atoms with Crippen LogP contribution in [0.25, 0.3) is 0 Å². The fourth-order valence-corrected chi connectivity index (χ4v) is 2.28.